The van der Waals surface area contributed by atoms with E-state index in [2.05, 4.69) is 10.6 Å². The normalized spacial score (nSPS) is 10.3. The molecule has 0 unspecified atom stereocenters. The number of rotatable bonds is 7. The van der Waals surface area contributed by atoms with Gasteiger partial charge in [0.2, 0.25) is 0 Å². The molecule has 29 heavy (non-hydrogen) atoms. The molecule has 0 saturated carbocycles. The van der Waals surface area contributed by atoms with Gasteiger partial charge in [-0.1, -0.05) is 48.0 Å². The summed E-state index contributed by atoms with van der Waals surface area (Å²) in [7, 11) is 0. The van der Waals surface area contributed by atoms with Crippen molar-refractivity contribution in [2.24, 2.45) is 0 Å². The first kappa shape index (κ1) is 20.4. The Kier molecular flexibility index (Phi) is 6.81. The van der Waals surface area contributed by atoms with Crippen LogP contribution in [-0.4, -0.2) is 18.4 Å². The number of nitrogens with one attached hydrogen (secondary N) is 2. The summed E-state index contributed by atoms with van der Waals surface area (Å²) in [4.78, 5) is 24.6. The lowest BCUT2D eigenvalue weighted by Crippen LogP contribution is -2.25. The standard InChI is InChI=1S/C22H18ClFN2O3/c23-16-7-5-6-15(12-16)13-25-22(28)17-8-1-4-11-20(17)29-14-21(27)26-19-10-3-2-9-18(19)24/h1-12H,13-14H2,(H,25,28)(H,26,27). The molecule has 2 N–H and O–H groups in total. The highest BCUT2D eigenvalue weighted by Crippen LogP contribution is 2.19. The Morgan fingerprint density at radius 1 is 0.966 bits per heavy atom. The molecular formula is C22H18ClFN2O3. The van der Waals surface area contributed by atoms with E-state index in [1.807, 2.05) is 6.07 Å². The van der Waals surface area contributed by atoms with E-state index in [4.69, 9.17) is 16.3 Å². The zero-order valence-corrected chi connectivity index (χ0v) is 16.1. The Hall–Kier alpha value is -3.38. The molecule has 3 rings (SSSR count). The van der Waals surface area contributed by atoms with E-state index in [1.54, 1.807) is 48.5 Å². The maximum absolute atomic E-state index is 13.6. The molecule has 0 saturated heterocycles. The van der Waals surface area contributed by atoms with Crippen LogP contribution < -0.4 is 15.4 Å². The largest absolute Gasteiger partial charge is 0.483 e. The Labute approximate surface area is 172 Å². The Bertz CT molecular complexity index is 1030. The van der Waals surface area contributed by atoms with Crippen molar-refractivity contribution in [2.75, 3.05) is 11.9 Å². The number of anilines is 1. The molecule has 3 aromatic rings. The van der Waals surface area contributed by atoms with Gasteiger partial charge >= 0.3 is 0 Å². The number of hydrogen-bond acceptors (Lipinski definition) is 3. The van der Waals surface area contributed by atoms with E-state index < -0.39 is 11.7 Å². The van der Waals surface area contributed by atoms with Crippen molar-refractivity contribution in [3.8, 4) is 5.75 Å². The number of halogens is 2. The second-order valence-corrected chi connectivity index (χ2v) is 6.56. The molecule has 0 aliphatic rings. The summed E-state index contributed by atoms with van der Waals surface area (Å²) < 4.78 is 19.1. The zero-order chi connectivity index (χ0) is 20.6. The minimum Gasteiger partial charge on any atom is -0.483 e. The van der Waals surface area contributed by atoms with Gasteiger partial charge in [-0.2, -0.15) is 0 Å². The van der Waals surface area contributed by atoms with Gasteiger partial charge in [0.25, 0.3) is 11.8 Å². The van der Waals surface area contributed by atoms with E-state index in [0.717, 1.165) is 5.56 Å². The molecule has 0 fully saturated rings. The highest BCUT2D eigenvalue weighted by atomic mass is 35.5. The average molecular weight is 413 g/mol. The van der Waals surface area contributed by atoms with Gasteiger partial charge in [0.1, 0.15) is 11.6 Å². The number of hydrogen-bond donors (Lipinski definition) is 2. The summed E-state index contributed by atoms with van der Waals surface area (Å²) in [5.74, 6) is -1.18. The van der Waals surface area contributed by atoms with E-state index in [0.29, 0.717) is 11.6 Å². The van der Waals surface area contributed by atoms with Crippen molar-refractivity contribution in [3.05, 3.63) is 94.8 Å². The van der Waals surface area contributed by atoms with Crippen molar-refractivity contribution >= 4 is 29.1 Å². The first-order chi connectivity index (χ1) is 14.0. The van der Waals surface area contributed by atoms with Crippen LogP contribution in [0.15, 0.2) is 72.8 Å². The van der Waals surface area contributed by atoms with Crippen LogP contribution in [0.1, 0.15) is 15.9 Å². The second kappa shape index (κ2) is 9.71. The fourth-order valence-corrected chi connectivity index (χ4v) is 2.81. The maximum atomic E-state index is 13.6. The third-order valence-electron chi connectivity index (χ3n) is 3.98. The smallest absolute Gasteiger partial charge is 0.262 e. The molecule has 7 heteroatoms. The van der Waals surface area contributed by atoms with Gasteiger partial charge < -0.3 is 15.4 Å². The van der Waals surface area contributed by atoms with Crippen LogP contribution in [0.2, 0.25) is 5.02 Å². The molecular weight excluding hydrogens is 395 g/mol. The van der Waals surface area contributed by atoms with Gasteiger partial charge in [0.05, 0.1) is 11.3 Å². The number of amides is 2. The van der Waals surface area contributed by atoms with E-state index in [9.17, 15) is 14.0 Å². The molecule has 0 radical (unpaired) electrons. The molecule has 0 aliphatic carbocycles. The number of para-hydroxylation sites is 2. The van der Waals surface area contributed by atoms with Gasteiger partial charge in [-0.3, -0.25) is 9.59 Å². The number of carbonyl (C=O) groups excluding carboxylic acids is 2. The predicted molar refractivity (Wildman–Crippen MR) is 110 cm³/mol. The van der Waals surface area contributed by atoms with Gasteiger partial charge in [-0.05, 0) is 42.0 Å². The van der Waals surface area contributed by atoms with Crippen molar-refractivity contribution in [1.29, 1.82) is 0 Å². The monoisotopic (exact) mass is 412 g/mol. The molecule has 0 bridgehead atoms. The van der Waals surface area contributed by atoms with Gasteiger partial charge in [-0.15, -0.1) is 0 Å². The first-order valence-corrected chi connectivity index (χ1v) is 9.19. The van der Waals surface area contributed by atoms with Gasteiger partial charge in [0, 0.05) is 11.6 Å². The molecule has 148 valence electrons. The quantitative estimate of drug-likeness (QED) is 0.603. The molecule has 0 aliphatic heterocycles. The molecule has 0 spiro atoms. The summed E-state index contributed by atoms with van der Waals surface area (Å²) in [5, 5.41) is 5.80. The van der Waals surface area contributed by atoms with E-state index in [1.165, 1.54) is 18.2 Å². The van der Waals surface area contributed by atoms with Crippen LogP contribution in [0.4, 0.5) is 10.1 Å². The fourth-order valence-electron chi connectivity index (χ4n) is 2.60. The van der Waals surface area contributed by atoms with Crippen LogP contribution in [0, 0.1) is 5.82 Å². The van der Waals surface area contributed by atoms with Crippen LogP contribution in [0.25, 0.3) is 0 Å². The zero-order valence-electron chi connectivity index (χ0n) is 15.3. The lowest BCUT2D eigenvalue weighted by Gasteiger charge is -2.12. The fraction of sp³-hybridized carbons (Fsp3) is 0.0909. The molecule has 2 amide bonds. The van der Waals surface area contributed by atoms with Crippen LogP contribution in [0.5, 0.6) is 5.75 Å². The Balaban J connectivity index is 1.60. The maximum Gasteiger partial charge on any atom is 0.262 e. The summed E-state index contributed by atoms with van der Waals surface area (Å²) in [6, 6.07) is 19.6. The Morgan fingerprint density at radius 3 is 2.52 bits per heavy atom. The summed E-state index contributed by atoms with van der Waals surface area (Å²) in [6.07, 6.45) is 0. The third kappa shape index (κ3) is 5.80. The summed E-state index contributed by atoms with van der Waals surface area (Å²) in [5.41, 5.74) is 1.20. The van der Waals surface area contributed by atoms with E-state index >= 15 is 0 Å². The van der Waals surface area contributed by atoms with Crippen LogP contribution in [-0.2, 0) is 11.3 Å². The highest BCUT2D eigenvalue weighted by molar-refractivity contribution is 6.30. The SMILES string of the molecule is O=C(COc1ccccc1C(=O)NCc1cccc(Cl)c1)Nc1ccccc1F. The van der Waals surface area contributed by atoms with E-state index in [-0.39, 0.29) is 29.5 Å². The third-order valence-corrected chi connectivity index (χ3v) is 4.22. The molecule has 3 aromatic carbocycles. The van der Waals surface area contributed by atoms with Crippen molar-refractivity contribution in [3.63, 3.8) is 0 Å². The van der Waals surface area contributed by atoms with Crippen LogP contribution in [0.3, 0.4) is 0 Å². The predicted octanol–water partition coefficient (Wildman–Crippen LogP) is 4.43. The van der Waals surface area contributed by atoms with Gasteiger partial charge in [-0.25, -0.2) is 4.39 Å². The lowest BCUT2D eigenvalue weighted by molar-refractivity contribution is -0.118. The van der Waals surface area contributed by atoms with Crippen molar-refractivity contribution in [1.82, 2.24) is 5.32 Å². The minimum atomic E-state index is -0.540. The average Bonchev–Trinajstić information content (AvgIpc) is 2.72. The molecule has 5 nitrogen and oxygen atoms in total. The molecule has 0 aromatic heterocycles. The first-order valence-electron chi connectivity index (χ1n) is 8.82. The summed E-state index contributed by atoms with van der Waals surface area (Å²) in [6.45, 7) is -0.0750. The lowest BCUT2D eigenvalue weighted by atomic mass is 10.1. The van der Waals surface area contributed by atoms with Crippen molar-refractivity contribution < 1.29 is 18.7 Å². The van der Waals surface area contributed by atoms with Gasteiger partial charge in [0.15, 0.2) is 6.61 Å². The Morgan fingerprint density at radius 2 is 1.72 bits per heavy atom. The molecule has 0 atom stereocenters. The number of ether oxygens (including phenoxy) is 1. The topological polar surface area (TPSA) is 67.4 Å². The second-order valence-electron chi connectivity index (χ2n) is 6.13. The van der Waals surface area contributed by atoms with Crippen LogP contribution >= 0.6 is 11.6 Å². The molecule has 0 heterocycles. The number of benzene rings is 3. The summed E-state index contributed by atoms with van der Waals surface area (Å²) >= 11 is 5.95. The number of carbonyl (C=O) groups is 2. The van der Waals surface area contributed by atoms with Crippen molar-refractivity contribution in [2.45, 2.75) is 6.54 Å². The minimum absolute atomic E-state index is 0.0636. The highest BCUT2D eigenvalue weighted by Gasteiger charge is 2.14.